The van der Waals surface area contributed by atoms with Gasteiger partial charge in [-0.25, -0.2) is 0 Å². The number of hydrogen-bond donors (Lipinski definition) is 0. The maximum atomic E-state index is 11.9. The van der Waals surface area contributed by atoms with Gasteiger partial charge in [0.05, 0.1) is 6.54 Å². The Labute approximate surface area is 69.9 Å². The van der Waals surface area contributed by atoms with E-state index in [0.717, 1.165) is 0 Å². The van der Waals surface area contributed by atoms with E-state index in [0.29, 0.717) is 26.2 Å². The molecule has 0 bridgehead atoms. The average molecular weight is 181 g/mol. The van der Waals surface area contributed by atoms with Crippen LogP contribution in [0.2, 0.25) is 0 Å². The van der Waals surface area contributed by atoms with Gasteiger partial charge < -0.3 is 0 Å². The third-order valence-electron chi connectivity index (χ3n) is 1.87. The topological polar surface area (TPSA) is 6.48 Å². The minimum atomic E-state index is -4.07. The second kappa shape index (κ2) is 3.62. The van der Waals surface area contributed by atoms with Crippen LogP contribution in [0.25, 0.3) is 0 Å². The van der Waals surface area contributed by atoms with Crippen molar-refractivity contribution >= 4 is 0 Å². The summed E-state index contributed by atoms with van der Waals surface area (Å²) >= 11 is 0. The van der Waals surface area contributed by atoms with Crippen LogP contribution in [0.5, 0.6) is 0 Å². The van der Waals surface area contributed by atoms with Gasteiger partial charge in [-0.05, 0) is 0 Å². The van der Waals surface area contributed by atoms with E-state index in [9.17, 15) is 13.2 Å². The van der Waals surface area contributed by atoms with Crippen LogP contribution in [0, 0.1) is 7.05 Å². The highest BCUT2D eigenvalue weighted by atomic mass is 19.4. The van der Waals surface area contributed by atoms with Gasteiger partial charge in [-0.2, -0.15) is 13.2 Å². The molecule has 71 valence electrons. The highest BCUT2D eigenvalue weighted by molar-refractivity contribution is 4.72. The Balaban J connectivity index is 2.26. The summed E-state index contributed by atoms with van der Waals surface area (Å²) in [5.41, 5.74) is 0. The van der Waals surface area contributed by atoms with Gasteiger partial charge in [0.1, 0.15) is 0 Å². The van der Waals surface area contributed by atoms with Crippen LogP contribution in [-0.4, -0.2) is 48.7 Å². The largest absolute Gasteiger partial charge is 0.401 e. The molecule has 1 aliphatic heterocycles. The van der Waals surface area contributed by atoms with E-state index < -0.39 is 12.7 Å². The molecule has 1 heterocycles. The molecule has 0 aromatic carbocycles. The molecule has 1 radical (unpaired) electrons. The Morgan fingerprint density at radius 2 is 1.58 bits per heavy atom. The summed E-state index contributed by atoms with van der Waals surface area (Å²) in [6.45, 7) is 1.37. The third-order valence-corrected chi connectivity index (χ3v) is 1.87. The SMILES string of the molecule is [CH2]N1CCN(CC(F)(F)F)CC1. The second-order valence-corrected chi connectivity index (χ2v) is 3.01. The summed E-state index contributed by atoms with van der Waals surface area (Å²) in [6.07, 6.45) is -4.07. The van der Waals surface area contributed by atoms with Crippen molar-refractivity contribution < 1.29 is 13.2 Å². The van der Waals surface area contributed by atoms with Crippen molar-refractivity contribution in [3.63, 3.8) is 0 Å². The zero-order valence-electron chi connectivity index (χ0n) is 6.77. The van der Waals surface area contributed by atoms with Crippen LogP contribution in [0.3, 0.4) is 0 Å². The van der Waals surface area contributed by atoms with Crippen LogP contribution in [-0.2, 0) is 0 Å². The summed E-state index contributed by atoms with van der Waals surface area (Å²) in [6, 6.07) is 0. The Morgan fingerprint density at radius 1 is 1.08 bits per heavy atom. The first-order chi connectivity index (χ1) is 5.47. The molecule has 2 nitrogen and oxygen atoms in total. The number of halogens is 3. The minimum absolute atomic E-state index is 0.461. The lowest BCUT2D eigenvalue weighted by atomic mass is 10.3. The smallest absolute Gasteiger partial charge is 0.300 e. The maximum absolute atomic E-state index is 11.9. The quantitative estimate of drug-likeness (QED) is 0.594. The third kappa shape index (κ3) is 3.40. The second-order valence-electron chi connectivity index (χ2n) is 3.01. The van der Waals surface area contributed by atoms with Gasteiger partial charge in [0.15, 0.2) is 0 Å². The summed E-state index contributed by atoms with van der Waals surface area (Å²) < 4.78 is 35.6. The summed E-state index contributed by atoms with van der Waals surface area (Å²) in [7, 11) is 3.65. The zero-order valence-corrected chi connectivity index (χ0v) is 6.77. The first-order valence-electron chi connectivity index (χ1n) is 3.82. The van der Waals surface area contributed by atoms with Crippen molar-refractivity contribution in [3.05, 3.63) is 7.05 Å². The van der Waals surface area contributed by atoms with Crippen LogP contribution in [0.15, 0.2) is 0 Å². The average Bonchev–Trinajstić information content (AvgIpc) is 1.91. The standard InChI is InChI=1S/C7H12F3N2/c1-11-2-4-12(5-3-11)6-7(8,9)10/h1-6H2. The van der Waals surface area contributed by atoms with Gasteiger partial charge >= 0.3 is 6.18 Å². The fourth-order valence-corrected chi connectivity index (χ4v) is 1.20. The van der Waals surface area contributed by atoms with Crippen molar-refractivity contribution in [3.8, 4) is 0 Å². The molecule has 0 saturated carbocycles. The molecule has 0 N–H and O–H groups in total. The van der Waals surface area contributed by atoms with Crippen LogP contribution >= 0.6 is 0 Å². The molecular weight excluding hydrogens is 169 g/mol. The minimum Gasteiger partial charge on any atom is -0.300 e. The van der Waals surface area contributed by atoms with Crippen LogP contribution in [0.4, 0.5) is 13.2 Å². The molecule has 0 amide bonds. The summed E-state index contributed by atoms with van der Waals surface area (Å²) in [5.74, 6) is 0. The fraction of sp³-hybridized carbons (Fsp3) is 0.857. The Bertz CT molecular complexity index is 138. The van der Waals surface area contributed by atoms with E-state index in [1.165, 1.54) is 4.90 Å². The molecule has 0 aliphatic carbocycles. The highest BCUT2D eigenvalue weighted by Crippen LogP contribution is 2.17. The Kier molecular flexibility index (Phi) is 2.95. The lowest BCUT2D eigenvalue weighted by Gasteiger charge is -2.32. The van der Waals surface area contributed by atoms with Gasteiger partial charge in [0.25, 0.3) is 0 Å². The predicted octanol–water partition coefficient (Wildman–Crippen LogP) is 0.958. The van der Waals surface area contributed by atoms with Gasteiger partial charge in [0.2, 0.25) is 0 Å². The molecule has 1 rings (SSSR count). The lowest BCUT2D eigenvalue weighted by molar-refractivity contribution is -0.148. The first kappa shape index (κ1) is 9.80. The van der Waals surface area contributed by atoms with Crippen LogP contribution in [0.1, 0.15) is 0 Å². The molecule has 0 aromatic heterocycles. The predicted molar refractivity (Wildman–Crippen MR) is 39.4 cm³/mol. The fourth-order valence-electron chi connectivity index (χ4n) is 1.20. The van der Waals surface area contributed by atoms with E-state index >= 15 is 0 Å². The number of nitrogens with zero attached hydrogens (tertiary/aromatic N) is 2. The molecule has 0 atom stereocenters. The number of piperazine rings is 1. The van der Waals surface area contributed by atoms with Crippen molar-refractivity contribution in [1.82, 2.24) is 9.80 Å². The van der Waals surface area contributed by atoms with Gasteiger partial charge in [0, 0.05) is 33.2 Å². The van der Waals surface area contributed by atoms with E-state index in [-0.39, 0.29) is 0 Å². The Morgan fingerprint density at radius 3 is 2.00 bits per heavy atom. The summed E-state index contributed by atoms with van der Waals surface area (Å²) in [4.78, 5) is 3.19. The molecule has 12 heavy (non-hydrogen) atoms. The zero-order chi connectivity index (χ0) is 9.19. The molecule has 0 aromatic rings. The number of alkyl halides is 3. The monoisotopic (exact) mass is 181 g/mol. The highest BCUT2D eigenvalue weighted by Gasteiger charge is 2.31. The van der Waals surface area contributed by atoms with Gasteiger partial charge in [-0.15, -0.1) is 0 Å². The molecule has 1 fully saturated rings. The number of hydrogen-bond acceptors (Lipinski definition) is 2. The summed E-state index contributed by atoms with van der Waals surface area (Å²) in [5, 5.41) is 0. The Hall–Kier alpha value is -0.290. The first-order valence-corrected chi connectivity index (χ1v) is 3.82. The van der Waals surface area contributed by atoms with Crippen molar-refractivity contribution in [2.45, 2.75) is 6.18 Å². The van der Waals surface area contributed by atoms with Crippen LogP contribution < -0.4 is 0 Å². The number of rotatable bonds is 1. The lowest BCUT2D eigenvalue weighted by Crippen LogP contribution is -2.47. The molecular formula is C7H12F3N2. The van der Waals surface area contributed by atoms with E-state index in [1.807, 2.05) is 0 Å². The molecule has 5 heteroatoms. The van der Waals surface area contributed by atoms with Crippen molar-refractivity contribution in [2.24, 2.45) is 0 Å². The van der Waals surface area contributed by atoms with Crippen molar-refractivity contribution in [1.29, 1.82) is 0 Å². The van der Waals surface area contributed by atoms with E-state index in [4.69, 9.17) is 0 Å². The van der Waals surface area contributed by atoms with E-state index in [2.05, 4.69) is 7.05 Å². The van der Waals surface area contributed by atoms with Gasteiger partial charge in [-0.3, -0.25) is 9.80 Å². The van der Waals surface area contributed by atoms with Crippen molar-refractivity contribution in [2.75, 3.05) is 32.7 Å². The molecule has 0 spiro atoms. The molecule has 1 saturated heterocycles. The van der Waals surface area contributed by atoms with Gasteiger partial charge in [-0.1, -0.05) is 0 Å². The molecule has 1 aliphatic rings. The molecule has 0 unspecified atom stereocenters. The maximum Gasteiger partial charge on any atom is 0.401 e. The normalized spacial score (nSPS) is 23.0. The van der Waals surface area contributed by atoms with E-state index in [1.54, 1.807) is 4.90 Å².